The number of anilines is 3. The molecule has 0 saturated heterocycles. The summed E-state index contributed by atoms with van der Waals surface area (Å²) in [4.78, 5) is 7.93. The Kier molecular flexibility index (Phi) is 3.98. The lowest BCUT2D eigenvalue weighted by molar-refractivity contribution is 0.415. The van der Waals surface area contributed by atoms with Crippen molar-refractivity contribution in [3.8, 4) is 5.75 Å². The second-order valence-corrected chi connectivity index (χ2v) is 3.91. The van der Waals surface area contributed by atoms with Gasteiger partial charge in [0.25, 0.3) is 0 Å². The molecule has 0 amide bonds. The van der Waals surface area contributed by atoms with Crippen LogP contribution in [0.4, 0.5) is 21.7 Å². The molecule has 6 nitrogen and oxygen atoms in total. The van der Waals surface area contributed by atoms with E-state index in [1.54, 1.807) is 0 Å². The number of nitrogens with one attached hydrogen (secondary N) is 2. The van der Waals surface area contributed by atoms with Crippen LogP contribution in [0, 0.1) is 5.82 Å². The Labute approximate surface area is 113 Å². The second kappa shape index (κ2) is 5.68. The van der Waals surface area contributed by atoms with Gasteiger partial charge in [-0.05, 0) is 18.2 Å². The van der Waals surface area contributed by atoms with Gasteiger partial charge in [0.2, 0.25) is 5.75 Å². The number of nitrogens with zero attached hydrogens (tertiary/aromatic N) is 2. The van der Waals surface area contributed by atoms with Crippen molar-refractivity contribution in [1.82, 2.24) is 9.97 Å². The van der Waals surface area contributed by atoms with Gasteiger partial charge in [0, 0.05) is 5.69 Å². The molecule has 0 unspecified atom stereocenters. The number of benzene rings is 1. The molecular weight excluding hydrogens is 273 g/mol. The molecule has 0 bridgehead atoms. The van der Waals surface area contributed by atoms with E-state index in [0.29, 0.717) is 23.1 Å². The molecule has 0 saturated carbocycles. The normalized spacial score (nSPS) is 10.1. The molecule has 19 heavy (non-hydrogen) atoms. The van der Waals surface area contributed by atoms with Crippen molar-refractivity contribution in [2.75, 3.05) is 17.9 Å². The van der Waals surface area contributed by atoms with Gasteiger partial charge < -0.3 is 15.5 Å². The minimum atomic E-state index is -0.494. The molecule has 100 valence electrons. The topological polar surface area (TPSA) is 85.1 Å². The first kappa shape index (κ1) is 13.3. The molecule has 2 aromatic rings. The molecule has 0 atom stereocenters. The molecule has 1 heterocycles. The Bertz CT molecular complexity index is 595. The van der Waals surface area contributed by atoms with E-state index in [-0.39, 0.29) is 5.02 Å². The van der Waals surface area contributed by atoms with E-state index in [1.807, 2.05) is 0 Å². The van der Waals surface area contributed by atoms with Gasteiger partial charge in [-0.25, -0.2) is 20.2 Å². The monoisotopic (exact) mass is 283 g/mol. The molecule has 0 aliphatic carbocycles. The van der Waals surface area contributed by atoms with E-state index in [4.69, 9.17) is 22.2 Å². The van der Waals surface area contributed by atoms with Crippen LogP contribution in [0.1, 0.15) is 0 Å². The molecule has 0 aliphatic rings. The Hall–Kier alpha value is -2.12. The molecule has 0 spiro atoms. The van der Waals surface area contributed by atoms with Gasteiger partial charge in [0.1, 0.15) is 12.1 Å². The molecule has 0 fully saturated rings. The Morgan fingerprint density at radius 2 is 2.05 bits per heavy atom. The first-order valence-electron chi connectivity index (χ1n) is 5.23. The first-order chi connectivity index (χ1) is 9.15. The van der Waals surface area contributed by atoms with Crippen LogP contribution in [0.15, 0.2) is 24.5 Å². The summed E-state index contributed by atoms with van der Waals surface area (Å²) in [5.41, 5.74) is 2.95. The average Bonchev–Trinajstić information content (AvgIpc) is 2.42. The number of ether oxygens (including phenoxy) is 1. The molecule has 1 aromatic carbocycles. The van der Waals surface area contributed by atoms with Crippen LogP contribution in [0.25, 0.3) is 0 Å². The fraction of sp³-hybridized carbons (Fsp3) is 0.0909. The van der Waals surface area contributed by atoms with Crippen LogP contribution >= 0.6 is 11.6 Å². The van der Waals surface area contributed by atoms with Crippen LogP contribution in [-0.4, -0.2) is 17.1 Å². The summed E-state index contributed by atoms with van der Waals surface area (Å²) in [6, 6.07) is 4.22. The molecule has 2 rings (SSSR count). The maximum Gasteiger partial charge on any atom is 0.205 e. The number of hydrogen-bond acceptors (Lipinski definition) is 6. The van der Waals surface area contributed by atoms with Crippen LogP contribution in [0.3, 0.4) is 0 Å². The zero-order chi connectivity index (χ0) is 13.8. The van der Waals surface area contributed by atoms with Gasteiger partial charge in [-0.2, -0.15) is 0 Å². The highest BCUT2D eigenvalue weighted by Gasteiger charge is 2.12. The highest BCUT2D eigenvalue weighted by Crippen LogP contribution is 2.31. The zero-order valence-electron chi connectivity index (χ0n) is 9.95. The highest BCUT2D eigenvalue weighted by atomic mass is 35.5. The second-order valence-electron chi connectivity index (χ2n) is 3.50. The van der Waals surface area contributed by atoms with Crippen molar-refractivity contribution < 1.29 is 9.13 Å². The van der Waals surface area contributed by atoms with E-state index in [9.17, 15) is 4.39 Å². The van der Waals surface area contributed by atoms with Crippen LogP contribution in [-0.2, 0) is 0 Å². The number of halogens is 2. The number of nitrogens with two attached hydrogens (primary N) is 1. The summed E-state index contributed by atoms with van der Waals surface area (Å²) in [6.45, 7) is 0. The standard InChI is InChI=1S/C11H11ClFN5O/c1-19-9-10(15-5-16-11(9)18-14)17-6-2-3-8(13)7(12)4-6/h2-5H,14H2,1H3,(H2,15,16,17,18). The molecule has 4 N–H and O–H groups in total. The number of hydrogen-bond donors (Lipinski definition) is 3. The number of nitrogen functional groups attached to an aromatic ring is 1. The molecule has 8 heteroatoms. The highest BCUT2D eigenvalue weighted by molar-refractivity contribution is 6.31. The third kappa shape index (κ3) is 2.83. The van der Waals surface area contributed by atoms with Crippen molar-refractivity contribution in [3.63, 3.8) is 0 Å². The van der Waals surface area contributed by atoms with E-state index < -0.39 is 5.82 Å². The van der Waals surface area contributed by atoms with Crippen LogP contribution in [0.2, 0.25) is 5.02 Å². The lowest BCUT2D eigenvalue weighted by Crippen LogP contribution is -2.11. The number of aromatic nitrogens is 2. The average molecular weight is 284 g/mol. The predicted octanol–water partition coefficient (Wildman–Crippen LogP) is 2.31. The summed E-state index contributed by atoms with van der Waals surface area (Å²) in [5, 5.41) is 2.95. The minimum Gasteiger partial charge on any atom is -0.490 e. The molecule has 1 aromatic heterocycles. The first-order valence-corrected chi connectivity index (χ1v) is 5.61. The summed E-state index contributed by atoms with van der Waals surface area (Å²) < 4.78 is 18.2. The van der Waals surface area contributed by atoms with E-state index in [2.05, 4.69) is 20.7 Å². The molecule has 0 radical (unpaired) electrons. The van der Waals surface area contributed by atoms with Gasteiger partial charge in [0.05, 0.1) is 12.1 Å². The molecular formula is C11H11ClFN5O. The lowest BCUT2D eigenvalue weighted by Gasteiger charge is -2.12. The van der Waals surface area contributed by atoms with Gasteiger partial charge in [-0.15, -0.1) is 0 Å². The summed E-state index contributed by atoms with van der Waals surface area (Å²) in [7, 11) is 1.46. The van der Waals surface area contributed by atoms with Crippen molar-refractivity contribution >= 4 is 28.9 Å². The third-order valence-corrected chi connectivity index (χ3v) is 2.62. The zero-order valence-corrected chi connectivity index (χ0v) is 10.7. The van der Waals surface area contributed by atoms with E-state index in [1.165, 1.54) is 31.6 Å². The minimum absolute atomic E-state index is 0.00944. The maximum absolute atomic E-state index is 13.1. The Morgan fingerprint density at radius 1 is 1.32 bits per heavy atom. The number of hydrazine groups is 1. The lowest BCUT2D eigenvalue weighted by atomic mass is 10.3. The van der Waals surface area contributed by atoms with Gasteiger partial charge in [0.15, 0.2) is 11.6 Å². The Balaban J connectivity index is 2.35. The number of methoxy groups -OCH3 is 1. The third-order valence-electron chi connectivity index (χ3n) is 2.33. The van der Waals surface area contributed by atoms with Crippen molar-refractivity contribution in [2.45, 2.75) is 0 Å². The fourth-order valence-electron chi connectivity index (χ4n) is 1.47. The summed E-state index contributed by atoms with van der Waals surface area (Å²) >= 11 is 5.70. The number of rotatable bonds is 4. The maximum atomic E-state index is 13.1. The van der Waals surface area contributed by atoms with E-state index >= 15 is 0 Å². The van der Waals surface area contributed by atoms with E-state index in [0.717, 1.165) is 0 Å². The van der Waals surface area contributed by atoms with Crippen LogP contribution in [0.5, 0.6) is 5.75 Å². The van der Waals surface area contributed by atoms with Gasteiger partial charge >= 0.3 is 0 Å². The predicted molar refractivity (Wildman–Crippen MR) is 71.1 cm³/mol. The smallest absolute Gasteiger partial charge is 0.205 e. The molecule has 0 aliphatic heterocycles. The summed E-state index contributed by atoms with van der Waals surface area (Å²) in [6.07, 6.45) is 1.31. The Morgan fingerprint density at radius 3 is 2.68 bits per heavy atom. The van der Waals surface area contributed by atoms with Crippen molar-refractivity contribution in [3.05, 3.63) is 35.4 Å². The summed E-state index contributed by atoms with van der Waals surface area (Å²) in [5.74, 6) is 5.87. The van der Waals surface area contributed by atoms with Crippen LogP contribution < -0.4 is 21.3 Å². The van der Waals surface area contributed by atoms with Crippen molar-refractivity contribution in [1.29, 1.82) is 0 Å². The van der Waals surface area contributed by atoms with Crippen molar-refractivity contribution in [2.24, 2.45) is 5.84 Å². The largest absolute Gasteiger partial charge is 0.490 e. The fourth-order valence-corrected chi connectivity index (χ4v) is 1.65. The quantitative estimate of drug-likeness (QED) is 0.590. The van der Waals surface area contributed by atoms with Gasteiger partial charge in [-0.1, -0.05) is 11.6 Å². The van der Waals surface area contributed by atoms with Gasteiger partial charge in [-0.3, -0.25) is 0 Å². The SMILES string of the molecule is COc1c(NN)ncnc1Nc1ccc(F)c(Cl)c1.